The molecule has 0 bridgehead atoms. The molecule has 0 unspecified atom stereocenters. The fourth-order valence-corrected chi connectivity index (χ4v) is 2.24. The monoisotopic (exact) mass is 261 g/mol. The SMILES string of the molecule is Cc1ccccc1/C=C/C(=O)c1cc2ccccc2[nH]1. The van der Waals surface area contributed by atoms with E-state index in [0.29, 0.717) is 5.69 Å². The van der Waals surface area contributed by atoms with E-state index in [1.165, 1.54) is 0 Å². The van der Waals surface area contributed by atoms with E-state index in [4.69, 9.17) is 0 Å². The van der Waals surface area contributed by atoms with Gasteiger partial charge >= 0.3 is 0 Å². The van der Waals surface area contributed by atoms with Crippen LogP contribution in [-0.2, 0) is 0 Å². The summed E-state index contributed by atoms with van der Waals surface area (Å²) in [6.45, 7) is 2.03. The summed E-state index contributed by atoms with van der Waals surface area (Å²) in [5.41, 5.74) is 3.83. The predicted molar refractivity (Wildman–Crippen MR) is 82.8 cm³/mol. The van der Waals surface area contributed by atoms with Gasteiger partial charge in [0.05, 0.1) is 5.69 Å². The van der Waals surface area contributed by atoms with Crippen LogP contribution in [0.4, 0.5) is 0 Å². The van der Waals surface area contributed by atoms with E-state index >= 15 is 0 Å². The molecule has 0 amide bonds. The van der Waals surface area contributed by atoms with Crippen LogP contribution in [0.5, 0.6) is 0 Å². The third kappa shape index (κ3) is 2.41. The van der Waals surface area contributed by atoms with Crippen LogP contribution in [-0.4, -0.2) is 10.8 Å². The van der Waals surface area contributed by atoms with Crippen molar-refractivity contribution in [1.82, 2.24) is 4.98 Å². The lowest BCUT2D eigenvalue weighted by Crippen LogP contribution is -1.93. The van der Waals surface area contributed by atoms with Crippen LogP contribution in [0.15, 0.2) is 60.7 Å². The van der Waals surface area contributed by atoms with Gasteiger partial charge in [0.1, 0.15) is 0 Å². The topological polar surface area (TPSA) is 32.9 Å². The number of fused-ring (bicyclic) bond motifs is 1. The van der Waals surface area contributed by atoms with Crippen molar-refractivity contribution in [2.45, 2.75) is 6.92 Å². The molecule has 2 aromatic carbocycles. The number of allylic oxidation sites excluding steroid dienone is 1. The Labute approximate surface area is 117 Å². The highest BCUT2D eigenvalue weighted by Crippen LogP contribution is 2.16. The summed E-state index contributed by atoms with van der Waals surface area (Å²) in [5, 5.41) is 1.06. The summed E-state index contributed by atoms with van der Waals surface area (Å²) >= 11 is 0. The van der Waals surface area contributed by atoms with Crippen molar-refractivity contribution in [1.29, 1.82) is 0 Å². The van der Waals surface area contributed by atoms with E-state index in [9.17, 15) is 4.79 Å². The van der Waals surface area contributed by atoms with Crippen molar-refractivity contribution >= 4 is 22.8 Å². The number of H-pyrrole nitrogens is 1. The van der Waals surface area contributed by atoms with Gasteiger partial charge in [-0.3, -0.25) is 4.79 Å². The smallest absolute Gasteiger partial charge is 0.202 e. The highest BCUT2D eigenvalue weighted by Gasteiger charge is 2.06. The van der Waals surface area contributed by atoms with E-state index in [0.717, 1.165) is 22.0 Å². The first-order valence-electron chi connectivity index (χ1n) is 6.60. The first-order valence-corrected chi connectivity index (χ1v) is 6.60. The van der Waals surface area contributed by atoms with Crippen LogP contribution in [0.1, 0.15) is 21.6 Å². The standard InChI is InChI=1S/C18H15NO/c1-13-6-2-3-7-14(13)10-11-18(20)17-12-15-8-4-5-9-16(15)19-17/h2-12,19H,1H3/b11-10+. The Hall–Kier alpha value is -2.61. The van der Waals surface area contributed by atoms with E-state index in [1.807, 2.05) is 67.6 Å². The molecule has 2 heteroatoms. The molecule has 2 nitrogen and oxygen atoms in total. The van der Waals surface area contributed by atoms with Crippen LogP contribution in [0.3, 0.4) is 0 Å². The maximum atomic E-state index is 12.2. The number of ketones is 1. The Morgan fingerprint density at radius 1 is 1.05 bits per heavy atom. The van der Waals surface area contributed by atoms with E-state index < -0.39 is 0 Å². The van der Waals surface area contributed by atoms with Gasteiger partial charge in [-0.05, 0) is 36.3 Å². The molecule has 0 saturated heterocycles. The highest BCUT2D eigenvalue weighted by atomic mass is 16.1. The molecule has 0 aliphatic carbocycles. The molecule has 98 valence electrons. The molecule has 0 fully saturated rings. The molecule has 0 radical (unpaired) electrons. The number of rotatable bonds is 3. The van der Waals surface area contributed by atoms with Crippen LogP contribution < -0.4 is 0 Å². The summed E-state index contributed by atoms with van der Waals surface area (Å²) in [7, 11) is 0. The zero-order chi connectivity index (χ0) is 13.9. The lowest BCUT2D eigenvalue weighted by atomic mass is 10.1. The third-order valence-corrected chi connectivity index (χ3v) is 3.40. The number of hydrogen-bond donors (Lipinski definition) is 1. The molecule has 0 aliphatic rings. The summed E-state index contributed by atoms with van der Waals surface area (Å²) in [6.07, 6.45) is 3.48. The number of para-hydroxylation sites is 1. The normalized spacial score (nSPS) is 11.2. The number of carbonyl (C=O) groups excluding carboxylic acids is 1. The molecule has 1 heterocycles. The van der Waals surface area contributed by atoms with Gasteiger partial charge < -0.3 is 4.98 Å². The zero-order valence-electron chi connectivity index (χ0n) is 11.3. The molecular weight excluding hydrogens is 246 g/mol. The molecule has 1 N–H and O–H groups in total. The zero-order valence-corrected chi connectivity index (χ0v) is 11.3. The Kier molecular flexibility index (Phi) is 3.21. The van der Waals surface area contributed by atoms with Gasteiger partial charge in [-0.15, -0.1) is 0 Å². The summed E-state index contributed by atoms with van der Waals surface area (Å²) in [6, 6.07) is 17.8. The number of nitrogens with one attached hydrogen (secondary N) is 1. The molecule has 0 saturated carbocycles. The van der Waals surface area contributed by atoms with Gasteiger partial charge in [0.15, 0.2) is 0 Å². The molecule has 3 rings (SSSR count). The van der Waals surface area contributed by atoms with Crippen molar-refractivity contribution in [3.8, 4) is 0 Å². The summed E-state index contributed by atoms with van der Waals surface area (Å²) < 4.78 is 0. The summed E-state index contributed by atoms with van der Waals surface area (Å²) in [5.74, 6) is -0.00977. The molecular formula is C18H15NO. The van der Waals surface area contributed by atoms with Gasteiger partial charge in [-0.1, -0.05) is 48.5 Å². The Balaban J connectivity index is 1.88. The predicted octanol–water partition coefficient (Wildman–Crippen LogP) is 4.37. The minimum absolute atomic E-state index is 0.00977. The average molecular weight is 261 g/mol. The fourth-order valence-electron chi connectivity index (χ4n) is 2.24. The van der Waals surface area contributed by atoms with Crippen LogP contribution in [0.25, 0.3) is 17.0 Å². The van der Waals surface area contributed by atoms with Crippen LogP contribution >= 0.6 is 0 Å². The summed E-state index contributed by atoms with van der Waals surface area (Å²) in [4.78, 5) is 15.3. The van der Waals surface area contributed by atoms with Crippen LogP contribution in [0, 0.1) is 6.92 Å². The second-order valence-electron chi connectivity index (χ2n) is 4.82. The molecule has 0 aliphatic heterocycles. The van der Waals surface area contributed by atoms with Gasteiger partial charge in [-0.25, -0.2) is 0 Å². The van der Waals surface area contributed by atoms with Gasteiger partial charge in [-0.2, -0.15) is 0 Å². The third-order valence-electron chi connectivity index (χ3n) is 3.40. The second-order valence-corrected chi connectivity index (χ2v) is 4.82. The average Bonchev–Trinajstić information content (AvgIpc) is 2.90. The highest BCUT2D eigenvalue weighted by molar-refractivity contribution is 6.08. The van der Waals surface area contributed by atoms with E-state index in [1.54, 1.807) is 6.08 Å². The number of aromatic amines is 1. The number of hydrogen-bond acceptors (Lipinski definition) is 1. The number of aromatic nitrogens is 1. The van der Waals surface area contributed by atoms with Crippen molar-refractivity contribution in [2.24, 2.45) is 0 Å². The molecule has 1 aromatic heterocycles. The molecule has 0 atom stereocenters. The quantitative estimate of drug-likeness (QED) is 0.551. The minimum Gasteiger partial charge on any atom is -0.352 e. The first kappa shape index (κ1) is 12.4. The Morgan fingerprint density at radius 3 is 2.60 bits per heavy atom. The lowest BCUT2D eigenvalue weighted by molar-refractivity contribution is 0.104. The van der Waals surface area contributed by atoms with Gasteiger partial charge in [0.2, 0.25) is 5.78 Å². The largest absolute Gasteiger partial charge is 0.352 e. The van der Waals surface area contributed by atoms with E-state index in [-0.39, 0.29) is 5.78 Å². The van der Waals surface area contributed by atoms with Crippen molar-refractivity contribution in [3.05, 3.63) is 77.5 Å². The first-order chi connectivity index (χ1) is 9.74. The second kappa shape index (κ2) is 5.17. The molecule has 20 heavy (non-hydrogen) atoms. The van der Waals surface area contributed by atoms with E-state index in [2.05, 4.69) is 4.98 Å². The minimum atomic E-state index is -0.00977. The van der Waals surface area contributed by atoms with Crippen molar-refractivity contribution in [3.63, 3.8) is 0 Å². The van der Waals surface area contributed by atoms with Gasteiger partial charge in [0.25, 0.3) is 0 Å². The van der Waals surface area contributed by atoms with Crippen molar-refractivity contribution < 1.29 is 4.79 Å². The maximum absolute atomic E-state index is 12.2. The maximum Gasteiger partial charge on any atom is 0.202 e. The lowest BCUT2D eigenvalue weighted by Gasteiger charge is -1.97. The number of benzene rings is 2. The fraction of sp³-hybridized carbons (Fsp3) is 0.0556. The van der Waals surface area contributed by atoms with Crippen LogP contribution in [0.2, 0.25) is 0 Å². The number of carbonyl (C=O) groups is 1. The molecule has 3 aromatic rings. The van der Waals surface area contributed by atoms with Crippen molar-refractivity contribution in [2.75, 3.05) is 0 Å². The number of aryl methyl sites for hydroxylation is 1. The Morgan fingerprint density at radius 2 is 1.80 bits per heavy atom. The molecule has 0 spiro atoms. The Bertz CT molecular complexity index is 763. The van der Waals surface area contributed by atoms with Gasteiger partial charge in [0, 0.05) is 10.9 Å².